The summed E-state index contributed by atoms with van der Waals surface area (Å²) in [6, 6.07) is 0. The summed E-state index contributed by atoms with van der Waals surface area (Å²) in [4.78, 5) is 0. The van der Waals surface area contributed by atoms with Crippen molar-refractivity contribution in [1.82, 2.24) is 0 Å². The van der Waals surface area contributed by atoms with Crippen molar-refractivity contribution in [2.24, 2.45) is 11.8 Å². The summed E-state index contributed by atoms with van der Waals surface area (Å²) in [5.74, 6) is 1.83. The molecule has 0 saturated carbocycles. The first-order valence-electron chi connectivity index (χ1n) is 4.42. The van der Waals surface area contributed by atoms with Gasteiger partial charge in [-0.25, -0.2) is 0 Å². The van der Waals surface area contributed by atoms with E-state index in [1.807, 2.05) is 0 Å². The molecule has 0 aromatic heterocycles. The second kappa shape index (κ2) is 3.23. The van der Waals surface area contributed by atoms with Crippen molar-refractivity contribution >= 4 is 0 Å². The Morgan fingerprint density at radius 1 is 1.40 bits per heavy atom. The number of hydrogen-bond acceptors (Lipinski definition) is 0. The van der Waals surface area contributed by atoms with Crippen molar-refractivity contribution in [2.45, 2.75) is 40.0 Å². The Balaban J connectivity index is 2.52. The maximum atomic E-state index is 2.44. The summed E-state index contributed by atoms with van der Waals surface area (Å²) in [5, 5.41) is 0. The average molecular weight is 138 g/mol. The van der Waals surface area contributed by atoms with Gasteiger partial charge in [-0.2, -0.15) is 0 Å². The summed E-state index contributed by atoms with van der Waals surface area (Å²) in [6.45, 7) is 6.98. The molecule has 0 spiro atoms. The molecule has 0 aliphatic heterocycles. The minimum Gasteiger partial charge on any atom is -0.0851 e. The number of allylic oxidation sites excluding steroid dienone is 2. The quantitative estimate of drug-likeness (QED) is 0.487. The molecule has 1 aliphatic carbocycles. The van der Waals surface area contributed by atoms with Crippen LogP contribution in [0.2, 0.25) is 0 Å². The molecule has 0 bridgehead atoms. The summed E-state index contributed by atoms with van der Waals surface area (Å²) in [7, 11) is 0. The van der Waals surface area contributed by atoms with E-state index >= 15 is 0 Å². The standard InChI is InChI=1S/C10H18/c1-4-10-6-5-8(2)9(3)7-10/h6,8-9H,4-5,7H2,1-3H3/t8?,9-/m0/s1. The van der Waals surface area contributed by atoms with Gasteiger partial charge in [0.15, 0.2) is 0 Å². The summed E-state index contributed by atoms with van der Waals surface area (Å²) < 4.78 is 0. The molecule has 0 nitrogen and oxygen atoms in total. The summed E-state index contributed by atoms with van der Waals surface area (Å²) >= 11 is 0. The van der Waals surface area contributed by atoms with Crippen molar-refractivity contribution in [2.75, 3.05) is 0 Å². The van der Waals surface area contributed by atoms with E-state index in [0.717, 1.165) is 11.8 Å². The molecule has 1 aliphatic rings. The van der Waals surface area contributed by atoms with Crippen molar-refractivity contribution in [3.05, 3.63) is 11.6 Å². The van der Waals surface area contributed by atoms with Gasteiger partial charge < -0.3 is 0 Å². The average Bonchev–Trinajstić information content (AvgIpc) is 1.95. The second-order valence-electron chi connectivity index (χ2n) is 3.61. The fourth-order valence-corrected chi connectivity index (χ4v) is 1.57. The van der Waals surface area contributed by atoms with Crippen LogP contribution in [-0.2, 0) is 0 Å². The van der Waals surface area contributed by atoms with Crippen LogP contribution in [0.25, 0.3) is 0 Å². The molecule has 2 atom stereocenters. The van der Waals surface area contributed by atoms with Gasteiger partial charge in [-0.05, 0) is 31.1 Å². The SMILES string of the molecule is CCC1=CCC(C)[C@@H](C)C1. The lowest BCUT2D eigenvalue weighted by molar-refractivity contribution is 0.366. The first-order chi connectivity index (χ1) is 4.74. The highest BCUT2D eigenvalue weighted by Gasteiger charge is 2.16. The normalized spacial score (nSPS) is 33.7. The molecule has 0 heterocycles. The largest absolute Gasteiger partial charge is 0.0851 e. The van der Waals surface area contributed by atoms with Gasteiger partial charge >= 0.3 is 0 Å². The third kappa shape index (κ3) is 1.62. The van der Waals surface area contributed by atoms with Gasteiger partial charge in [-0.15, -0.1) is 0 Å². The lowest BCUT2D eigenvalue weighted by Crippen LogP contribution is -2.12. The number of hydrogen-bond donors (Lipinski definition) is 0. The van der Waals surface area contributed by atoms with Gasteiger partial charge in [-0.1, -0.05) is 32.4 Å². The minimum atomic E-state index is 0.912. The van der Waals surface area contributed by atoms with E-state index in [1.54, 1.807) is 5.57 Å². The molecular formula is C10H18. The van der Waals surface area contributed by atoms with Crippen molar-refractivity contribution < 1.29 is 0 Å². The Kier molecular flexibility index (Phi) is 2.53. The molecule has 0 fully saturated rings. The first-order valence-corrected chi connectivity index (χ1v) is 4.42. The van der Waals surface area contributed by atoms with Crippen LogP contribution in [0.5, 0.6) is 0 Å². The molecule has 10 heavy (non-hydrogen) atoms. The predicted octanol–water partition coefficient (Wildman–Crippen LogP) is 3.39. The predicted molar refractivity (Wildman–Crippen MR) is 45.9 cm³/mol. The smallest absolute Gasteiger partial charge is 0.0292 e. The Labute approximate surface area is 64.3 Å². The van der Waals surface area contributed by atoms with Crippen molar-refractivity contribution in [1.29, 1.82) is 0 Å². The van der Waals surface area contributed by atoms with Gasteiger partial charge in [-0.3, -0.25) is 0 Å². The zero-order chi connectivity index (χ0) is 7.56. The fraction of sp³-hybridized carbons (Fsp3) is 0.800. The molecule has 0 N–H and O–H groups in total. The van der Waals surface area contributed by atoms with E-state index in [1.165, 1.54) is 19.3 Å². The third-order valence-corrected chi connectivity index (χ3v) is 2.79. The van der Waals surface area contributed by atoms with Gasteiger partial charge in [0, 0.05) is 0 Å². The van der Waals surface area contributed by atoms with E-state index in [0.29, 0.717) is 0 Å². The van der Waals surface area contributed by atoms with Crippen LogP contribution in [0, 0.1) is 11.8 Å². The molecule has 0 amide bonds. The second-order valence-corrected chi connectivity index (χ2v) is 3.61. The lowest BCUT2D eigenvalue weighted by atomic mass is 9.81. The van der Waals surface area contributed by atoms with E-state index in [2.05, 4.69) is 26.8 Å². The zero-order valence-electron chi connectivity index (χ0n) is 7.35. The lowest BCUT2D eigenvalue weighted by Gasteiger charge is -2.24. The molecule has 1 unspecified atom stereocenters. The maximum Gasteiger partial charge on any atom is -0.0292 e. The molecule has 58 valence electrons. The zero-order valence-corrected chi connectivity index (χ0v) is 7.35. The Hall–Kier alpha value is -0.260. The fourth-order valence-electron chi connectivity index (χ4n) is 1.57. The van der Waals surface area contributed by atoms with Crippen LogP contribution in [0.3, 0.4) is 0 Å². The Morgan fingerprint density at radius 3 is 2.60 bits per heavy atom. The molecular weight excluding hydrogens is 120 g/mol. The minimum absolute atomic E-state index is 0.912. The third-order valence-electron chi connectivity index (χ3n) is 2.79. The Bertz CT molecular complexity index is 133. The van der Waals surface area contributed by atoms with Crippen LogP contribution < -0.4 is 0 Å². The van der Waals surface area contributed by atoms with E-state index in [-0.39, 0.29) is 0 Å². The molecule has 0 radical (unpaired) electrons. The van der Waals surface area contributed by atoms with Crippen molar-refractivity contribution in [3.63, 3.8) is 0 Å². The van der Waals surface area contributed by atoms with Crippen molar-refractivity contribution in [3.8, 4) is 0 Å². The monoisotopic (exact) mass is 138 g/mol. The molecule has 0 saturated heterocycles. The Morgan fingerprint density at radius 2 is 2.10 bits per heavy atom. The number of rotatable bonds is 1. The molecule has 0 aromatic rings. The maximum absolute atomic E-state index is 2.44. The van der Waals surface area contributed by atoms with Gasteiger partial charge in [0.2, 0.25) is 0 Å². The van der Waals surface area contributed by atoms with Crippen LogP contribution in [-0.4, -0.2) is 0 Å². The molecule has 1 rings (SSSR count). The van der Waals surface area contributed by atoms with Crippen LogP contribution in [0.1, 0.15) is 40.0 Å². The summed E-state index contributed by atoms with van der Waals surface area (Å²) in [6.07, 6.45) is 6.35. The van der Waals surface area contributed by atoms with Gasteiger partial charge in [0.05, 0.1) is 0 Å². The molecule has 0 aromatic carbocycles. The summed E-state index contributed by atoms with van der Waals surface area (Å²) in [5.41, 5.74) is 1.67. The van der Waals surface area contributed by atoms with E-state index in [9.17, 15) is 0 Å². The van der Waals surface area contributed by atoms with Gasteiger partial charge in [0.25, 0.3) is 0 Å². The highest BCUT2D eigenvalue weighted by atomic mass is 14.2. The van der Waals surface area contributed by atoms with Gasteiger partial charge in [0.1, 0.15) is 0 Å². The highest BCUT2D eigenvalue weighted by molar-refractivity contribution is 5.06. The van der Waals surface area contributed by atoms with E-state index < -0.39 is 0 Å². The van der Waals surface area contributed by atoms with E-state index in [4.69, 9.17) is 0 Å². The molecule has 0 heteroatoms. The van der Waals surface area contributed by atoms with Crippen LogP contribution >= 0.6 is 0 Å². The highest BCUT2D eigenvalue weighted by Crippen LogP contribution is 2.29. The van der Waals surface area contributed by atoms with Crippen LogP contribution in [0.4, 0.5) is 0 Å². The topological polar surface area (TPSA) is 0 Å². The first kappa shape index (κ1) is 7.84. The van der Waals surface area contributed by atoms with Crippen LogP contribution in [0.15, 0.2) is 11.6 Å².